The van der Waals surface area contributed by atoms with E-state index in [1.807, 2.05) is 48.5 Å². The summed E-state index contributed by atoms with van der Waals surface area (Å²) in [6.07, 6.45) is 2.62. The lowest BCUT2D eigenvalue weighted by Crippen LogP contribution is -2.50. The van der Waals surface area contributed by atoms with E-state index >= 15 is 0 Å². The molecule has 8 heteroatoms. The summed E-state index contributed by atoms with van der Waals surface area (Å²) in [7, 11) is 3.14. The number of amides is 3. The van der Waals surface area contributed by atoms with Crippen LogP contribution >= 0.6 is 0 Å². The summed E-state index contributed by atoms with van der Waals surface area (Å²) in [6, 6.07) is 19.9. The van der Waals surface area contributed by atoms with E-state index in [1.54, 1.807) is 47.1 Å². The summed E-state index contributed by atoms with van der Waals surface area (Å²) < 4.78 is 10.6. The second-order valence-electron chi connectivity index (χ2n) is 9.12. The number of ether oxygens (including phenoxy) is 2. The van der Waals surface area contributed by atoms with Crippen molar-refractivity contribution in [2.75, 3.05) is 42.1 Å². The van der Waals surface area contributed by atoms with Crippen LogP contribution in [-0.4, -0.2) is 45.2 Å². The summed E-state index contributed by atoms with van der Waals surface area (Å²) >= 11 is 0. The Morgan fingerprint density at radius 1 is 0.811 bits per heavy atom. The summed E-state index contributed by atoms with van der Waals surface area (Å²) in [4.78, 5) is 44.4. The predicted molar refractivity (Wildman–Crippen MR) is 142 cm³/mol. The summed E-state index contributed by atoms with van der Waals surface area (Å²) in [6.45, 7) is 0.775. The van der Waals surface area contributed by atoms with Gasteiger partial charge in [-0.05, 0) is 73.0 Å². The first kappa shape index (κ1) is 24.4. The molecule has 190 valence electrons. The number of piperidine rings is 1. The van der Waals surface area contributed by atoms with Crippen LogP contribution in [0.1, 0.15) is 35.2 Å². The molecule has 0 radical (unpaired) electrons. The van der Waals surface area contributed by atoms with Gasteiger partial charge in [0.1, 0.15) is 18.2 Å². The van der Waals surface area contributed by atoms with Gasteiger partial charge < -0.3 is 14.4 Å². The molecule has 0 spiro atoms. The third-order valence-electron chi connectivity index (χ3n) is 6.86. The maximum atomic E-state index is 13.6. The Morgan fingerprint density at radius 3 is 2.11 bits per heavy atom. The van der Waals surface area contributed by atoms with E-state index in [2.05, 4.69) is 0 Å². The largest absolute Gasteiger partial charge is 0.497 e. The minimum Gasteiger partial charge on any atom is -0.497 e. The quantitative estimate of drug-likeness (QED) is 0.502. The van der Waals surface area contributed by atoms with E-state index in [0.717, 1.165) is 29.8 Å². The van der Waals surface area contributed by atoms with Crippen molar-refractivity contribution in [1.29, 1.82) is 0 Å². The fraction of sp³-hybridized carbons (Fsp3) is 0.276. The average Bonchev–Trinajstić information content (AvgIpc) is 2.94. The molecule has 8 nitrogen and oxygen atoms in total. The molecule has 37 heavy (non-hydrogen) atoms. The first-order chi connectivity index (χ1) is 18.0. The second kappa shape index (κ2) is 10.3. The third kappa shape index (κ3) is 4.87. The topological polar surface area (TPSA) is 79.4 Å². The molecule has 2 aliphatic rings. The lowest BCUT2D eigenvalue weighted by atomic mass is 10.0. The van der Waals surface area contributed by atoms with Crippen LogP contribution in [0.2, 0.25) is 0 Å². The number of benzene rings is 3. The fourth-order valence-corrected chi connectivity index (χ4v) is 4.79. The van der Waals surface area contributed by atoms with Crippen LogP contribution < -0.4 is 24.2 Å². The molecule has 1 fully saturated rings. The number of methoxy groups -OCH3 is 2. The molecule has 3 aromatic rings. The van der Waals surface area contributed by atoms with Crippen molar-refractivity contribution in [2.45, 2.75) is 25.7 Å². The van der Waals surface area contributed by atoms with Gasteiger partial charge in [-0.3, -0.25) is 24.2 Å². The van der Waals surface area contributed by atoms with Crippen molar-refractivity contribution < 1.29 is 23.9 Å². The number of hydrogen-bond acceptors (Lipinski definition) is 5. The van der Waals surface area contributed by atoms with E-state index in [9.17, 15) is 14.4 Å². The molecule has 0 saturated carbocycles. The number of nitrogens with zero attached hydrogens (tertiary/aromatic N) is 3. The van der Waals surface area contributed by atoms with Crippen LogP contribution in [0.3, 0.4) is 0 Å². The second-order valence-corrected chi connectivity index (χ2v) is 9.12. The van der Waals surface area contributed by atoms with E-state index in [1.165, 1.54) is 0 Å². The molecule has 3 amide bonds. The Morgan fingerprint density at radius 2 is 1.46 bits per heavy atom. The van der Waals surface area contributed by atoms with Crippen LogP contribution in [0.25, 0.3) is 0 Å². The molecule has 2 heterocycles. The Balaban J connectivity index is 1.44. The minimum atomic E-state index is -0.218. The monoisotopic (exact) mass is 499 g/mol. The average molecular weight is 500 g/mol. The molecule has 0 aliphatic carbocycles. The molecule has 0 atom stereocenters. The van der Waals surface area contributed by atoms with Crippen molar-refractivity contribution in [3.05, 3.63) is 77.9 Å². The molecule has 3 aromatic carbocycles. The van der Waals surface area contributed by atoms with Gasteiger partial charge >= 0.3 is 0 Å². The SMILES string of the molecule is COc1ccc(CC(=O)N2CN(c3ccc(N4CCCCC4=O)cc3)C(=O)c3cc(OC)ccc32)cc1. The van der Waals surface area contributed by atoms with Gasteiger partial charge in [-0.15, -0.1) is 0 Å². The maximum absolute atomic E-state index is 13.6. The van der Waals surface area contributed by atoms with E-state index in [0.29, 0.717) is 35.7 Å². The Kier molecular flexibility index (Phi) is 6.81. The highest BCUT2D eigenvalue weighted by molar-refractivity contribution is 6.15. The number of anilines is 3. The Hall–Kier alpha value is -4.33. The van der Waals surface area contributed by atoms with Crippen LogP contribution in [0.5, 0.6) is 11.5 Å². The van der Waals surface area contributed by atoms with Gasteiger partial charge in [0.15, 0.2) is 0 Å². The highest BCUT2D eigenvalue weighted by Gasteiger charge is 2.34. The molecule has 0 N–H and O–H groups in total. The maximum Gasteiger partial charge on any atom is 0.262 e. The van der Waals surface area contributed by atoms with Gasteiger partial charge in [-0.1, -0.05) is 12.1 Å². The zero-order chi connectivity index (χ0) is 25.9. The normalized spacial score (nSPS) is 15.5. The van der Waals surface area contributed by atoms with Crippen molar-refractivity contribution in [3.63, 3.8) is 0 Å². The van der Waals surface area contributed by atoms with Gasteiger partial charge in [0.05, 0.1) is 31.9 Å². The van der Waals surface area contributed by atoms with E-state index in [-0.39, 0.29) is 30.8 Å². The fourth-order valence-electron chi connectivity index (χ4n) is 4.79. The number of carbonyl (C=O) groups is 3. The predicted octanol–water partition coefficient (Wildman–Crippen LogP) is 4.41. The molecule has 1 saturated heterocycles. The number of fused-ring (bicyclic) bond motifs is 1. The lowest BCUT2D eigenvalue weighted by Gasteiger charge is -2.37. The van der Waals surface area contributed by atoms with Crippen molar-refractivity contribution in [3.8, 4) is 11.5 Å². The highest BCUT2D eigenvalue weighted by Crippen LogP contribution is 2.34. The molecular weight excluding hydrogens is 470 g/mol. The smallest absolute Gasteiger partial charge is 0.262 e. The number of hydrogen-bond donors (Lipinski definition) is 0. The van der Waals surface area contributed by atoms with Crippen molar-refractivity contribution >= 4 is 34.8 Å². The first-order valence-corrected chi connectivity index (χ1v) is 12.3. The van der Waals surface area contributed by atoms with Gasteiger partial charge in [-0.25, -0.2) is 0 Å². The molecule has 5 rings (SSSR count). The number of carbonyl (C=O) groups excluding carboxylic acids is 3. The highest BCUT2D eigenvalue weighted by atomic mass is 16.5. The number of rotatable bonds is 6. The molecule has 2 aliphatic heterocycles. The van der Waals surface area contributed by atoms with Crippen LogP contribution in [0, 0.1) is 0 Å². The van der Waals surface area contributed by atoms with Gasteiger partial charge in [0, 0.05) is 24.3 Å². The van der Waals surface area contributed by atoms with Crippen molar-refractivity contribution in [1.82, 2.24) is 0 Å². The molecule has 0 aromatic heterocycles. The first-order valence-electron chi connectivity index (χ1n) is 12.3. The zero-order valence-corrected chi connectivity index (χ0v) is 21.0. The standard InChI is InChI=1S/C29H29N3O5/c1-36-23-12-6-20(7-13-23)17-28(34)32-19-31(29(35)25-18-24(37-2)14-15-26(25)32)22-10-8-21(9-11-22)30-16-4-3-5-27(30)33/h6-15,18H,3-5,16-17,19H2,1-2H3. The zero-order valence-electron chi connectivity index (χ0n) is 21.0. The third-order valence-corrected chi connectivity index (χ3v) is 6.86. The van der Waals surface area contributed by atoms with Crippen LogP contribution in [-0.2, 0) is 16.0 Å². The molecule has 0 unspecified atom stereocenters. The van der Waals surface area contributed by atoms with Crippen LogP contribution in [0.4, 0.5) is 17.1 Å². The van der Waals surface area contributed by atoms with Gasteiger partial charge in [0.2, 0.25) is 11.8 Å². The Bertz CT molecular complexity index is 1320. The summed E-state index contributed by atoms with van der Waals surface area (Å²) in [5.41, 5.74) is 3.25. The van der Waals surface area contributed by atoms with Gasteiger partial charge in [0.25, 0.3) is 5.91 Å². The summed E-state index contributed by atoms with van der Waals surface area (Å²) in [5.74, 6) is 1.02. The van der Waals surface area contributed by atoms with E-state index < -0.39 is 0 Å². The van der Waals surface area contributed by atoms with Crippen molar-refractivity contribution in [2.24, 2.45) is 0 Å². The summed E-state index contributed by atoms with van der Waals surface area (Å²) in [5, 5.41) is 0. The molecule has 0 bridgehead atoms. The lowest BCUT2D eigenvalue weighted by molar-refractivity contribution is -0.119. The van der Waals surface area contributed by atoms with Gasteiger partial charge in [-0.2, -0.15) is 0 Å². The molecular formula is C29H29N3O5. The van der Waals surface area contributed by atoms with Crippen LogP contribution in [0.15, 0.2) is 66.7 Å². The minimum absolute atomic E-state index is 0.0785. The van der Waals surface area contributed by atoms with E-state index in [4.69, 9.17) is 9.47 Å². The Labute approximate surface area is 216 Å².